The standard InChI is InChI=1S/C18H28N2O4/c1-6-13(2)15(16(21)22)20(12-14-10-8-7-9-11-14)19-17(23)24-18(3,4)5/h7-11,13,15H,6,12H2,1-5H3,(H,19,23)(H,21,22)/t13?,15-/m0/s1. The summed E-state index contributed by atoms with van der Waals surface area (Å²) in [5.74, 6) is -1.11. The lowest BCUT2D eigenvalue weighted by molar-refractivity contribution is -0.147. The van der Waals surface area contributed by atoms with Crippen molar-refractivity contribution < 1.29 is 19.4 Å². The van der Waals surface area contributed by atoms with Crippen molar-refractivity contribution in [3.05, 3.63) is 35.9 Å². The van der Waals surface area contributed by atoms with Crippen LogP contribution in [0.25, 0.3) is 0 Å². The summed E-state index contributed by atoms with van der Waals surface area (Å²) in [6.45, 7) is 9.34. The molecule has 134 valence electrons. The lowest BCUT2D eigenvalue weighted by Gasteiger charge is -2.33. The molecule has 1 aromatic rings. The van der Waals surface area contributed by atoms with Crippen LogP contribution in [0, 0.1) is 5.92 Å². The van der Waals surface area contributed by atoms with Gasteiger partial charge in [0.25, 0.3) is 0 Å². The summed E-state index contributed by atoms with van der Waals surface area (Å²) in [6, 6.07) is 8.57. The van der Waals surface area contributed by atoms with Crippen molar-refractivity contribution in [3.8, 4) is 0 Å². The van der Waals surface area contributed by atoms with Crippen LogP contribution in [0.1, 0.15) is 46.6 Å². The Morgan fingerprint density at radius 2 is 1.83 bits per heavy atom. The summed E-state index contributed by atoms with van der Waals surface area (Å²) in [6.07, 6.45) is 0.0196. The molecule has 0 saturated heterocycles. The van der Waals surface area contributed by atoms with Crippen LogP contribution in [0.2, 0.25) is 0 Å². The Balaban J connectivity index is 3.01. The lowest BCUT2D eigenvalue weighted by atomic mass is 9.98. The van der Waals surface area contributed by atoms with Crippen LogP contribution in [-0.2, 0) is 16.1 Å². The molecule has 0 radical (unpaired) electrons. The minimum absolute atomic E-state index is 0.138. The van der Waals surface area contributed by atoms with Crippen molar-refractivity contribution in [1.82, 2.24) is 10.4 Å². The summed E-state index contributed by atoms with van der Waals surface area (Å²) in [7, 11) is 0. The number of carboxylic acid groups (broad SMARTS) is 1. The van der Waals surface area contributed by atoms with Crippen LogP contribution in [0.15, 0.2) is 30.3 Å². The van der Waals surface area contributed by atoms with Gasteiger partial charge >= 0.3 is 12.1 Å². The molecule has 0 aromatic heterocycles. The first kappa shape index (κ1) is 20.0. The topological polar surface area (TPSA) is 78.9 Å². The van der Waals surface area contributed by atoms with Gasteiger partial charge in [0.1, 0.15) is 11.6 Å². The summed E-state index contributed by atoms with van der Waals surface area (Å²) >= 11 is 0. The van der Waals surface area contributed by atoms with Crippen LogP contribution < -0.4 is 5.43 Å². The van der Waals surface area contributed by atoms with Gasteiger partial charge in [-0.25, -0.2) is 4.79 Å². The smallest absolute Gasteiger partial charge is 0.422 e. The van der Waals surface area contributed by atoms with E-state index in [9.17, 15) is 14.7 Å². The Kier molecular flexibility index (Phi) is 7.22. The maximum Gasteiger partial charge on any atom is 0.422 e. The molecule has 1 unspecified atom stereocenters. The van der Waals surface area contributed by atoms with Gasteiger partial charge in [0, 0.05) is 6.54 Å². The molecule has 0 aliphatic rings. The van der Waals surface area contributed by atoms with Crippen LogP contribution in [0.5, 0.6) is 0 Å². The SMILES string of the molecule is CCC(C)[C@@H](C(=O)O)N(Cc1ccccc1)NC(=O)OC(C)(C)C. The van der Waals surface area contributed by atoms with Crippen molar-refractivity contribution >= 4 is 12.1 Å². The molecular formula is C18H28N2O4. The fourth-order valence-electron chi connectivity index (χ4n) is 2.31. The molecule has 0 aliphatic carbocycles. The van der Waals surface area contributed by atoms with Gasteiger partial charge in [0.05, 0.1) is 0 Å². The Morgan fingerprint density at radius 3 is 2.29 bits per heavy atom. The Morgan fingerprint density at radius 1 is 1.25 bits per heavy atom. The van der Waals surface area contributed by atoms with Crippen LogP contribution >= 0.6 is 0 Å². The number of aliphatic carboxylic acids is 1. The zero-order valence-corrected chi connectivity index (χ0v) is 15.1. The molecule has 0 aliphatic heterocycles. The first-order chi connectivity index (χ1) is 11.1. The maximum absolute atomic E-state index is 12.1. The molecular weight excluding hydrogens is 308 g/mol. The highest BCUT2D eigenvalue weighted by Crippen LogP contribution is 2.17. The summed E-state index contributed by atoms with van der Waals surface area (Å²) < 4.78 is 5.26. The average Bonchev–Trinajstić information content (AvgIpc) is 2.45. The number of amides is 1. The number of carboxylic acids is 1. The van der Waals surface area contributed by atoms with Gasteiger partial charge in [0.15, 0.2) is 0 Å². The van der Waals surface area contributed by atoms with E-state index in [2.05, 4.69) is 5.43 Å². The third-order valence-electron chi connectivity index (χ3n) is 3.60. The first-order valence-corrected chi connectivity index (χ1v) is 8.17. The third kappa shape index (κ3) is 6.58. The van der Waals surface area contributed by atoms with Gasteiger partial charge in [-0.3, -0.25) is 10.2 Å². The molecule has 0 heterocycles. The van der Waals surface area contributed by atoms with Gasteiger partial charge in [-0.05, 0) is 32.3 Å². The molecule has 2 N–H and O–H groups in total. The van der Waals surface area contributed by atoms with E-state index in [-0.39, 0.29) is 12.5 Å². The number of ether oxygens (including phenoxy) is 1. The Hall–Kier alpha value is -2.08. The average molecular weight is 336 g/mol. The molecule has 0 spiro atoms. The fourth-order valence-corrected chi connectivity index (χ4v) is 2.31. The van der Waals surface area contributed by atoms with E-state index >= 15 is 0 Å². The highest BCUT2D eigenvalue weighted by Gasteiger charge is 2.32. The van der Waals surface area contributed by atoms with Gasteiger partial charge in [-0.15, -0.1) is 0 Å². The predicted molar refractivity (Wildman–Crippen MR) is 92.2 cm³/mol. The van der Waals surface area contributed by atoms with Crippen molar-refractivity contribution in [2.45, 2.75) is 59.2 Å². The van der Waals surface area contributed by atoms with E-state index in [4.69, 9.17) is 4.74 Å². The molecule has 6 heteroatoms. The molecule has 1 rings (SSSR count). The van der Waals surface area contributed by atoms with Crippen LogP contribution in [-0.4, -0.2) is 33.8 Å². The van der Waals surface area contributed by atoms with E-state index in [0.717, 1.165) is 5.56 Å². The van der Waals surface area contributed by atoms with Gasteiger partial charge in [-0.1, -0.05) is 50.6 Å². The fraction of sp³-hybridized carbons (Fsp3) is 0.556. The molecule has 1 aromatic carbocycles. The van der Waals surface area contributed by atoms with Gasteiger partial charge in [0.2, 0.25) is 0 Å². The molecule has 0 bridgehead atoms. The third-order valence-corrected chi connectivity index (χ3v) is 3.60. The first-order valence-electron chi connectivity index (χ1n) is 8.17. The minimum Gasteiger partial charge on any atom is -0.480 e. The second-order valence-corrected chi connectivity index (χ2v) is 6.90. The van der Waals surface area contributed by atoms with Crippen molar-refractivity contribution in [3.63, 3.8) is 0 Å². The summed E-state index contributed by atoms with van der Waals surface area (Å²) in [5, 5.41) is 11.1. The second kappa shape index (κ2) is 8.68. The highest BCUT2D eigenvalue weighted by atomic mass is 16.6. The number of carbonyl (C=O) groups is 2. The number of benzene rings is 1. The number of carbonyl (C=O) groups excluding carboxylic acids is 1. The molecule has 1 amide bonds. The molecule has 0 fully saturated rings. The van der Waals surface area contributed by atoms with E-state index in [1.807, 2.05) is 44.2 Å². The highest BCUT2D eigenvalue weighted by molar-refractivity contribution is 5.75. The molecule has 6 nitrogen and oxygen atoms in total. The second-order valence-electron chi connectivity index (χ2n) is 6.90. The van der Waals surface area contributed by atoms with Crippen molar-refractivity contribution in [1.29, 1.82) is 0 Å². The number of rotatable bonds is 7. The monoisotopic (exact) mass is 336 g/mol. The van der Waals surface area contributed by atoms with Crippen molar-refractivity contribution in [2.75, 3.05) is 0 Å². The summed E-state index contributed by atoms with van der Waals surface area (Å²) in [4.78, 5) is 23.9. The van der Waals surface area contributed by atoms with E-state index in [1.54, 1.807) is 20.8 Å². The Labute approximate surface area is 143 Å². The number of hydrazine groups is 1. The zero-order chi connectivity index (χ0) is 18.3. The van der Waals surface area contributed by atoms with Crippen LogP contribution in [0.3, 0.4) is 0 Å². The predicted octanol–water partition coefficient (Wildman–Crippen LogP) is 3.43. The van der Waals surface area contributed by atoms with E-state index in [0.29, 0.717) is 6.42 Å². The summed E-state index contributed by atoms with van der Waals surface area (Å²) in [5.41, 5.74) is 2.86. The lowest BCUT2D eigenvalue weighted by Crippen LogP contribution is -2.54. The van der Waals surface area contributed by atoms with Crippen LogP contribution in [0.4, 0.5) is 4.79 Å². The maximum atomic E-state index is 12.1. The number of nitrogens with zero attached hydrogens (tertiary/aromatic N) is 1. The molecule has 0 saturated carbocycles. The van der Waals surface area contributed by atoms with Gasteiger partial charge in [-0.2, -0.15) is 5.01 Å². The Bertz CT molecular complexity index is 540. The molecule has 2 atom stereocenters. The van der Waals surface area contributed by atoms with Gasteiger partial charge < -0.3 is 9.84 Å². The normalized spacial score (nSPS) is 14.1. The van der Waals surface area contributed by atoms with Crippen molar-refractivity contribution in [2.24, 2.45) is 5.92 Å². The van der Waals surface area contributed by atoms with E-state index in [1.165, 1.54) is 5.01 Å². The quantitative estimate of drug-likeness (QED) is 0.746. The number of hydrogen-bond donors (Lipinski definition) is 2. The number of nitrogens with one attached hydrogen (secondary N) is 1. The largest absolute Gasteiger partial charge is 0.480 e. The molecule has 24 heavy (non-hydrogen) atoms. The minimum atomic E-state index is -0.976. The zero-order valence-electron chi connectivity index (χ0n) is 15.1. The number of hydrogen-bond acceptors (Lipinski definition) is 4. The van der Waals surface area contributed by atoms with E-state index < -0.39 is 23.7 Å².